The largest absolute Gasteiger partial charge is 0.450 e. The molecule has 160 valence electrons. The van der Waals surface area contributed by atoms with Gasteiger partial charge in [0.1, 0.15) is 17.4 Å². The number of piperidine rings is 1. The van der Waals surface area contributed by atoms with E-state index in [4.69, 9.17) is 9.47 Å². The standard InChI is InChI=1S/C21H31N3O5/c1-6-29-20(27)24-11-10-21(17(13-24)28-5,22-12-16(4)25)19(26)23-18-14(2)8-7-9-15(18)3/h7-9,17,22H,6,10-13H2,1-5H3,(H,23,26). The normalized spacial score (nSPS) is 21.6. The highest BCUT2D eigenvalue weighted by Crippen LogP contribution is 2.29. The number of nitrogens with zero attached hydrogens (tertiary/aromatic N) is 1. The van der Waals surface area contributed by atoms with E-state index in [9.17, 15) is 14.4 Å². The van der Waals surface area contributed by atoms with Crippen molar-refractivity contribution < 1.29 is 23.9 Å². The number of methoxy groups -OCH3 is 1. The summed E-state index contributed by atoms with van der Waals surface area (Å²) in [6.07, 6.45) is -0.803. The van der Waals surface area contributed by atoms with Crippen LogP contribution in [0.15, 0.2) is 18.2 Å². The number of para-hydroxylation sites is 1. The van der Waals surface area contributed by atoms with Crippen LogP contribution in [0.4, 0.5) is 10.5 Å². The van der Waals surface area contributed by atoms with Gasteiger partial charge in [-0.25, -0.2) is 4.79 Å². The van der Waals surface area contributed by atoms with Crippen LogP contribution in [-0.2, 0) is 19.1 Å². The lowest BCUT2D eigenvalue weighted by molar-refractivity contribution is -0.134. The van der Waals surface area contributed by atoms with E-state index in [0.717, 1.165) is 16.8 Å². The number of rotatable bonds is 7. The lowest BCUT2D eigenvalue weighted by Crippen LogP contribution is -2.70. The Morgan fingerprint density at radius 3 is 2.45 bits per heavy atom. The molecule has 29 heavy (non-hydrogen) atoms. The molecule has 1 aromatic carbocycles. The molecule has 0 spiro atoms. The molecule has 1 aromatic rings. The Hall–Kier alpha value is -2.45. The maximum absolute atomic E-state index is 13.5. The summed E-state index contributed by atoms with van der Waals surface area (Å²) in [5.41, 5.74) is 1.47. The third kappa shape index (κ3) is 5.13. The molecule has 0 saturated carbocycles. The molecule has 8 heteroatoms. The second kappa shape index (κ2) is 9.84. The first kappa shape index (κ1) is 22.8. The van der Waals surface area contributed by atoms with E-state index in [1.165, 1.54) is 18.9 Å². The fourth-order valence-corrected chi connectivity index (χ4v) is 3.64. The van der Waals surface area contributed by atoms with E-state index in [-0.39, 0.29) is 37.8 Å². The topological polar surface area (TPSA) is 97.0 Å². The molecule has 1 heterocycles. The number of ketones is 1. The van der Waals surface area contributed by atoms with Crippen molar-refractivity contribution in [3.63, 3.8) is 0 Å². The highest BCUT2D eigenvalue weighted by atomic mass is 16.6. The zero-order chi connectivity index (χ0) is 21.6. The Bertz CT molecular complexity index is 746. The van der Waals surface area contributed by atoms with Crippen molar-refractivity contribution in [2.75, 3.05) is 38.7 Å². The summed E-state index contributed by atoms with van der Waals surface area (Å²) in [7, 11) is 1.50. The first-order valence-corrected chi connectivity index (χ1v) is 9.81. The number of amides is 2. The number of benzene rings is 1. The van der Waals surface area contributed by atoms with Gasteiger partial charge in [0.15, 0.2) is 0 Å². The van der Waals surface area contributed by atoms with Crippen LogP contribution >= 0.6 is 0 Å². The Morgan fingerprint density at radius 2 is 1.90 bits per heavy atom. The molecular weight excluding hydrogens is 374 g/mol. The van der Waals surface area contributed by atoms with Gasteiger partial charge >= 0.3 is 6.09 Å². The second-order valence-corrected chi connectivity index (χ2v) is 7.37. The molecule has 2 amide bonds. The second-order valence-electron chi connectivity index (χ2n) is 7.37. The van der Waals surface area contributed by atoms with Gasteiger partial charge < -0.3 is 19.7 Å². The highest BCUT2D eigenvalue weighted by molar-refractivity contribution is 6.00. The Kier molecular flexibility index (Phi) is 7.75. The van der Waals surface area contributed by atoms with Crippen LogP contribution in [0.5, 0.6) is 0 Å². The van der Waals surface area contributed by atoms with E-state index < -0.39 is 17.7 Å². The SMILES string of the molecule is CCOC(=O)N1CCC(NCC(C)=O)(C(=O)Nc2c(C)cccc2C)C(OC)C1. The van der Waals surface area contributed by atoms with Crippen LogP contribution in [0, 0.1) is 13.8 Å². The van der Waals surface area contributed by atoms with Gasteiger partial charge in [0, 0.05) is 19.3 Å². The fraction of sp³-hybridized carbons (Fsp3) is 0.571. The number of likely N-dealkylation sites (tertiary alicyclic amines) is 1. The number of hydrogen-bond donors (Lipinski definition) is 2. The van der Waals surface area contributed by atoms with E-state index >= 15 is 0 Å². The van der Waals surface area contributed by atoms with Crippen LogP contribution in [0.1, 0.15) is 31.4 Å². The van der Waals surface area contributed by atoms with Crippen molar-refractivity contribution in [3.05, 3.63) is 29.3 Å². The number of carbonyl (C=O) groups excluding carboxylic acids is 3. The molecule has 1 aliphatic heterocycles. The van der Waals surface area contributed by atoms with Crippen molar-refractivity contribution in [2.45, 2.75) is 45.8 Å². The number of nitrogens with one attached hydrogen (secondary N) is 2. The molecule has 2 unspecified atom stereocenters. The Labute approximate surface area is 171 Å². The lowest BCUT2D eigenvalue weighted by Gasteiger charge is -2.45. The Balaban J connectivity index is 2.33. The summed E-state index contributed by atoms with van der Waals surface area (Å²) in [6.45, 7) is 7.84. The maximum atomic E-state index is 13.5. The van der Waals surface area contributed by atoms with Crippen molar-refractivity contribution in [1.82, 2.24) is 10.2 Å². The molecule has 1 saturated heterocycles. The number of ether oxygens (including phenoxy) is 2. The predicted octanol–water partition coefficient (Wildman–Crippen LogP) is 2.04. The van der Waals surface area contributed by atoms with Gasteiger partial charge in [-0.2, -0.15) is 0 Å². The fourth-order valence-electron chi connectivity index (χ4n) is 3.64. The molecule has 0 aliphatic carbocycles. The van der Waals surface area contributed by atoms with Crippen LogP contribution < -0.4 is 10.6 Å². The Morgan fingerprint density at radius 1 is 1.24 bits per heavy atom. The summed E-state index contributed by atoms with van der Waals surface area (Å²) >= 11 is 0. The van der Waals surface area contributed by atoms with Crippen LogP contribution in [0.3, 0.4) is 0 Å². The first-order chi connectivity index (χ1) is 13.7. The van der Waals surface area contributed by atoms with Crippen LogP contribution in [0.25, 0.3) is 0 Å². The van der Waals surface area contributed by atoms with Crippen LogP contribution in [0.2, 0.25) is 0 Å². The quantitative estimate of drug-likeness (QED) is 0.721. The minimum atomic E-state index is -1.15. The van der Waals surface area contributed by atoms with Crippen LogP contribution in [-0.4, -0.2) is 67.7 Å². The summed E-state index contributed by atoms with van der Waals surface area (Å²) in [4.78, 5) is 38.8. The zero-order valence-electron chi connectivity index (χ0n) is 17.8. The lowest BCUT2D eigenvalue weighted by atomic mass is 9.83. The molecule has 1 aliphatic rings. The highest BCUT2D eigenvalue weighted by Gasteiger charge is 2.50. The minimum absolute atomic E-state index is 0.0272. The molecular formula is C21H31N3O5. The molecule has 2 N–H and O–H groups in total. The van der Waals surface area contributed by atoms with E-state index in [1.807, 2.05) is 32.0 Å². The van der Waals surface area contributed by atoms with Crippen molar-refractivity contribution in [3.8, 4) is 0 Å². The van der Waals surface area contributed by atoms with Gasteiger partial charge in [-0.05, 0) is 45.2 Å². The number of Topliss-reactive ketones (excluding diaryl/α,β-unsaturated/α-hetero) is 1. The molecule has 2 atom stereocenters. The van der Waals surface area contributed by atoms with Gasteiger partial charge in [0.25, 0.3) is 0 Å². The maximum Gasteiger partial charge on any atom is 0.409 e. The third-order valence-electron chi connectivity index (χ3n) is 5.30. The van der Waals surface area contributed by atoms with Gasteiger partial charge in [-0.3, -0.25) is 14.9 Å². The minimum Gasteiger partial charge on any atom is -0.450 e. The summed E-state index contributed by atoms with van der Waals surface area (Å²) in [6, 6.07) is 5.78. The van der Waals surface area contributed by atoms with E-state index in [0.29, 0.717) is 6.54 Å². The van der Waals surface area contributed by atoms with Crippen molar-refractivity contribution >= 4 is 23.5 Å². The first-order valence-electron chi connectivity index (χ1n) is 9.81. The average Bonchev–Trinajstić information content (AvgIpc) is 2.69. The summed E-state index contributed by atoms with van der Waals surface area (Å²) < 4.78 is 10.7. The molecule has 0 bridgehead atoms. The number of anilines is 1. The van der Waals surface area contributed by atoms with Crippen molar-refractivity contribution in [1.29, 1.82) is 0 Å². The average molecular weight is 405 g/mol. The third-order valence-corrected chi connectivity index (χ3v) is 5.30. The molecule has 1 fully saturated rings. The predicted molar refractivity (Wildman–Crippen MR) is 110 cm³/mol. The number of aryl methyl sites for hydroxylation is 2. The monoisotopic (exact) mass is 405 g/mol. The van der Waals surface area contributed by atoms with Gasteiger partial charge in [-0.15, -0.1) is 0 Å². The zero-order valence-corrected chi connectivity index (χ0v) is 17.8. The van der Waals surface area contributed by atoms with E-state index in [2.05, 4.69) is 10.6 Å². The van der Waals surface area contributed by atoms with Gasteiger partial charge in [0.05, 0.1) is 19.7 Å². The van der Waals surface area contributed by atoms with Crippen molar-refractivity contribution in [2.24, 2.45) is 0 Å². The molecule has 0 radical (unpaired) electrons. The molecule has 2 rings (SSSR count). The summed E-state index contributed by atoms with van der Waals surface area (Å²) in [5.74, 6) is -0.376. The summed E-state index contributed by atoms with van der Waals surface area (Å²) in [5, 5.41) is 6.14. The van der Waals surface area contributed by atoms with Gasteiger partial charge in [0.2, 0.25) is 5.91 Å². The number of hydrogen-bond acceptors (Lipinski definition) is 6. The number of carbonyl (C=O) groups is 3. The van der Waals surface area contributed by atoms with Gasteiger partial charge in [-0.1, -0.05) is 18.2 Å². The smallest absolute Gasteiger partial charge is 0.409 e. The van der Waals surface area contributed by atoms with E-state index in [1.54, 1.807) is 6.92 Å². The molecule has 8 nitrogen and oxygen atoms in total. The molecule has 0 aromatic heterocycles.